The van der Waals surface area contributed by atoms with Crippen molar-refractivity contribution < 1.29 is 9.21 Å². The monoisotopic (exact) mass is 321 g/mol. The molecule has 6 heteroatoms. The number of nitrogens with two attached hydrogens (primary N) is 1. The summed E-state index contributed by atoms with van der Waals surface area (Å²) in [6.07, 6.45) is 3.07. The second-order valence-corrected chi connectivity index (χ2v) is 6.15. The van der Waals surface area contributed by atoms with E-state index >= 15 is 0 Å². The number of halogens is 1. The van der Waals surface area contributed by atoms with E-state index in [0.717, 1.165) is 49.3 Å². The van der Waals surface area contributed by atoms with Gasteiger partial charge in [0.05, 0.1) is 0 Å². The number of amides is 1. The molecule has 1 aromatic heterocycles. The van der Waals surface area contributed by atoms with Gasteiger partial charge in [-0.1, -0.05) is 11.6 Å². The molecule has 1 amide bonds. The molecule has 0 atom stereocenters. The molecule has 0 bridgehead atoms. The van der Waals surface area contributed by atoms with Gasteiger partial charge in [0.2, 0.25) is 5.91 Å². The summed E-state index contributed by atoms with van der Waals surface area (Å²) in [5.74, 6) is 1.23. The van der Waals surface area contributed by atoms with Crippen molar-refractivity contribution in [3.8, 4) is 0 Å². The van der Waals surface area contributed by atoms with Crippen LogP contribution in [-0.2, 0) is 4.79 Å². The van der Waals surface area contributed by atoms with E-state index < -0.39 is 0 Å². The van der Waals surface area contributed by atoms with E-state index in [1.165, 1.54) is 0 Å². The standard InChI is InChI=1S/C16H20ClN3O2/c17-12-3-4-14-13(10-12)19-16(22-14)11-5-8-20(9-6-11)15(21)2-1-7-18/h3-4,10-11H,1-2,5-9,18H2. The van der Waals surface area contributed by atoms with Crippen molar-refractivity contribution in [1.29, 1.82) is 0 Å². The molecule has 2 heterocycles. The molecule has 1 fully saturated rings. The third kappa shape index (κ3) is 3.25. The van der Waals surface area contributed by atoms with Crippen LogP contribution in [0.15, 0.2) is 22.6 Å². The predicted octanol–water partition coefficient (Wildman–Crippen LogP) is 2.93. The summed E-state index contributed by atoms with van der Waals surface area (Å²) >= 11 is 5.97. The van der Waals surface area contributed by atoms with Gasteiger partial charge in [0.15, 0.2) is 11.5 Å². The van der Waals surface area contributed by atoms with Crippen molar-refractivity contribution in [2.45, 2.75) is 31.6 Å². The maximum absolute atomic E-state index is 12.0. The van der Waals surface area contributed by atoms with Crippen LogP contribution in [-0.4, -0.2) is 35.4 Å². The van der Waals surface area contributed by atoms with E-state index in [2.05, 4.69) is 4.98 Å². The number of piperidine rings is 1. The van der Waals surface area contributed by atoms with Gasteiger partial charge in [0.1, 0.15) is 5.52 Å². The number of nitrogens with zero attached hydrogens (tertiary/aromatic N) is 2. The fourth-order valence-corrected chi connectivity index (χ4v) is 3.05. The van der Waals surface area contributed by atoms with Gasteiger partial charge in [-0.05, 0) is 44.0 Å². The average molecular weight is 322 g/mol. The molecule has 2 aromatic rings. The van der Waals surface area contributed by atoms with Gasteiger partial charge in [-0.15, -0.1) is 0 Å². The Kier molecular flexibility index (Phi) is 4.64. The minimum absolute atomic E-state index is 0.202. The molecule has 3 rings (SSSR count). The SMILES string of the molecule is NCCCC(=O)N1CCC(c2nc3cc(Cl)ccc3o2)CC1. The summed E-state index contributed by atoms with van der Waals surface area (Å²) in [4.78, 5) is 18.5. The topological polar surface area (TPSA) is 72.4 Å². The van der Waals surface area contributed by atoms with Crippen molar-refractivity contribution in [2.75, 3.05) is 19.6 Å². The van der Waals surface area contributed by atoms with Crippen LogP contribution in [0.5, 0.6) is 0 Å². The maximum atomic E-state index is 12.0. The first-order chi connectivity index (χ1) is 10.7. The van der Waals surface area contributed by atoms with Crippen molar-refractivity contribution in [3.05, 3.63) is 29.1 Å². The van der Waals surface area contributed by atoms with E-state index in [4.69, 9.17) is 21.8 Å². The highest BCUT2D eigenvalue weighted by atomic mass is 35.5. The molecule has 0 saturated carbocycles. The molecule has 2 N–H and O–H groups in total. The van der Waals surface area contributed by atoms with Crippen LogP contribution in [0.2, 0.25) is 5.02 Å². The summed E-state index contributed by atoms with van der Waals surface area (Å²) in [5, 5.41) is 0.660. The maximum Gasteiger partial charge on any atom is 0.222 e. The van der Waals surface area contributed by atoms with E-state index in [9.17, 15) is 4.79 Å². The third-order valence-corrected chi connectivity index (χ3v) is 4.39. The van der Waals surface area contributed by atoms with Gasteiger partial charge >= 0.3 is 0 Å². The quantitative estimate of drug-likeness (QED) is 0.939. The number of oxazole rings is 1. The van der Waals surface area contributed by atoms with Gasteiger partial charge in [-0.25, -0.2) is 4.98 Å². The van der Waals surface area contributed by atoms with Crippen LogP contribution >= 0.6 is 11.6 Å². The first-order valence-electron chi connectivity index (χ1n) is 7.71. The lowest BCUT2D eigenvalue weighted by Crippen LogP contribution is -2.38. The fourth-order valence-electron chi connectivity index (χ4n) is 2.88. The van der Waals surface area contributed by atoms with Crippen LogP contribution in [0.4, 0.5) is 0 Å². The molecule has 1 saturated heterocycles. The average Bonchev–Trinajstić information content (AvgIpc) is 2.95. The lowest BCUT2D eigenvalue weighted by atomic mass is 9.96. The number of carbonyl (C=O) groups is 1. The molecule has 1 aliphatic heterocycles. The summed E-state index contributed by atoms with van der Waals surface area (Å²) in [6.45, 7) is 2.08. The van der Waals surface area contributed by atoms with Crippen molar-refractivity contribution in [1.82, 2.24) is 9.88 Å². The van der Waals surface area contributed by atoms with Gasteiger partial charge in [0.25, 0.3) is 0 Å². The molecular weight excluding hydrogens is 302 g/mol. The van der Waals surface area contributed by atoms with Gasteiger partial charge in [-0.2, -0.15) is 0 Å². The molecule has 118 valence electrons. The van der Waals surface area contributed by atoms with Crippen molar-refractivity contribution in [3.63, 3.8) is 0 Å². The van der Waals surface area contributed by atoms with Gasteiger partial charge < -0.3 is 15.1 Å². The number of likely N-dealkylation sites (tertiary alicyclic amines) is 1. The zero-order valence-corrected chi connectivity index (χ0v) is 13.2. The highest BCUT2D eigenvalue weighted by Crippen LogP contribution is 2.31. The predicted molar refractivity (Wildman–Crippen MR) is 85.9 cm³/mol. The van der Waals surface area contributed by atoms with Crippen molar-refractivity contribution in [2.24, 2.45) is 5.73 Å². The van der Waals surface area contributed by atoms with Crippen molar-refractivity contribution >= 4 is 28.6 Å². The molecule has 1 aromatic carbocycles. The Morgan fingerprint density at radius 2 is 2.18 bits per heavy atom. The smallest absolute Gasteiger partial charge is 0.222 e. The summed E-state index contributed by atoms with van der Waals surface area (Å²) in [7, 11) is 0. The first-order valence-corrected chi connectivity index (χ1v) is 8.09. The second-order valence-electron chi connectivity index (χ2n) is 5.71. The molecule has 0 radical (unpaired) electrons. The molecular formula is C16H20ClN3O2. The van der Waals surface area contributed by atoms with Crippen LogP contribution < -0.4 is 5.73 Å². The lowest BCUT2D eigenvalue weighted by molar-refractivity contribution is -0.132. The van der Waals surface area contributed by atoms with Crippen LogP contribution in [0, 0.1) is 0 Å². The highest BCUT2D eigenvalue weighted by molar-refractivity contribution is 6.31. The van der Waals surface area contributed by atoms with Crippen LogP contribution in [0.25, 0.3) is 11.1 Å². The Balaban J connectivity index is 1.64. The number of hydrogen-bond donors (Lipinski definition) is 1. The van der Waals surface area contributed by atoms with Crippen LogP contribution in [0.3, 0.4) is 0 Å². The molecule has 1 aliphatic rings. The number of rotatable bonds is 4. The highest BCUT2D eigenvalue weighted by Gasteiger charge is 2.26. The van der Waals surface area contributed by atoms with E-state index in [1.54, 1.807) is 6.07 Å². The Bertz CT molecular complexity index is 662. The Morgan fingerprint density at radius 1 is 1.41 bits per heavy atom. The fraction of sp³-hybridized carbons (Fsp3) is 0.500. The second kappa shape index (κ2) is 6.67. The van der Waals surface area contributed by atoms with E-state index in [-0.39, 0.29) is 11.8 Å². The minimum atomic E-state index is 0.202. The zero-order chi connectivity index (χ0) is 15.5. The molecule has 0 spiro atoms. The number of hydrogen-bond acceptors (Lipinski definition) is 4. The first kappa shape index (κ1) is 15.3. The minimum Gasteiger partial charge on any atom is -0.440 e. The van der Waals surface area contributed by atoms with Gasteiger partial charge in [0, 0.05) is 30.5 Å². The third-order valence-electron chi connectivity index (χ3n) is 4.16. The summed E-state index contributed by atoms with van der Waals surface area (Å²) in [6, 6.07) is 5.46. The number of aromatic nitrogens is 1. The largest absolute Gasteiger partial charge is 0.440 e. The summed E-state index contributed by atoms with van der Waals surface area (Å²) in [5.41, 5.74) is 7.01. The summed E-state index contributed by atoms with van der Waals surface area (Å²) < 4.78 is 5.83. The number of fused-ring (bicyclic) bond motifs is 1. The molecule has 5 nitrogen and oxygen atoms in total. The Hall–Kier alpha value is -1.59. The van der Waals surface area contributed by atoms with E-state index in [1.807, 2.05) is 17.0 Å². The molecule has 0 unspecified atom stereocenters. The normalized spacial score (nSPS) is 16.4. The Morgan fingerprint density at radius 3 is 2.91 bits per heavy atom. The Labute approximate surface area is 134 Å². The number of carbonyl (C=O) groups excluding carboxylic acids is 1. The zero-order valence-electron chi connectivity index (χ0n) is 12.4. The van der Waals surface area contributed by atoms with Gasteiger partial charge in [-0.3, -0.25) is 4.79 Å². The number of benzene rings is 1. The van der Waals surface area contributed by atoms with E-state index in [0.29, 0.717) is 18.0 Å². The van der Waals surface area contributed by atoms with Crippen LogP contribution in [0.1, 0.15) is 37.5 Å². The molecule has 0 aliphatic carbocycles. The molecule has 22 heavy (non-hydrogen) atoms. The lowest BCUT2D eigenvalue weighted by Gasteiger charge is -2.30.